The minimum Gasteiger partial charge on any atom is -0.508 e. The third kappa shape index (κ3) is 3.67. The van der Waals surface area contributed by atoms with Crippen LogP contribution in [0.25, 0.3) is 11.1 Å². The normalized spacial score (nSPS) is 11.3. The van der Waals surface area contributed by atoms with Gasteiger partial charge in [0.25, 0.3) is 0 Å². The van der Waals surface area contributed by atoms with Crippen LogP contribution in [-0.2, 0) is 5.41 Å². The molecule has 0 fully saturated rings. The van der Waals surface area contributed by atoms with Gasteiger partial charge in [0.2, 0.25) is 0 Å². The van der Waals surface area contributed by atoms with Gasteiger partial charge in [-0.1, -0.05) is 91.0 Å². The predicted molar refractivity (Wildman–Crippen MR) is 135 cm³/mol. The molecule has 5 aromatic rings. The number of phenols is 3. The third-order valence-electron chi connectivity index (χ3n) is 6.32. The fraction of sp³-hybridized carbons (Fsp3) is 0.0323. The topological polar surface area (TPSA) is 60.7 Å². The molecule has 34 heavy (non-hydrogen) atoms. The summed E-state index contributed by atoms with van der Waals surface area (Å²) in [7, 11) is 0. The first kappa shape index (κ1) is 21.4. The van der Waals surface area contributed by atoms with E-state index in [1.807, 2.05) is 66.7 Å². The molecule has 3 N–H and O–H groups in total. The highest BCUT2D eigenvalue weighted by atomic mass is 16.3. The second-order valence-electron chi connectivity index (χ2n) is 8.30. The van der Waals surface area contributed by atoms with E-state index in [2.05, 4.69) is 24.3 Å². The Kier molecular flexibility index (Phi) is 5.52. The van der Waals surface area contributed by atoms with Gasteiger partial charge in [0.05, 0.1) is 5.41 Å². The molecule has 0 radical (unpaired) electrons. The summed E-state index contributed by atoms with van der Waals surface area (Å²) in [5.74, 6) is 0.610. The van der Waals surface area contributed by atoms with E-state index in [1.165, 1.54) is 0 Å². The molecule has 0 unspecified atom stereocenters. The van der Waals surface area contributed by atoms with E-state index in [0.29, 0.717) is 0 Å². The van der Waals surface area contributed by atoms with Crippen molar-refractivity contribution in [2.24, 2.45) is 0 Å². The Morgan fingerprint density at radius 2 is 0.794 bits per heavy atom. The number of phenolic OH excluding ortho intramolecular Hbond substituents is 3. The molecule has 5 rings (SSSR count). The van der Waals surface area contributed by atoms with Crippen LogP contribution in [-0.4, -0.2) is 15.3 Å². The van der Waals surface area contributed by atoms with E-state index in [-0.39, 0.29) is 17.2 Å². The molecular formula is C31H24O3. The summed E-state index contributed by atoms with van der Waals surface area (Å²) in [5, 5.41) is 30.0. The standard InChI is InChI=1S/C31H24O3/c32-26-16-10-22(11-17-26)29-8-4-5-9-30(29)31(23-6-2-1-3-7-23,24-12-18-27(33)19-13-24)25-14-20-28(34)21-15-25/h1-21,32-34H. The van der Waals surface area contributed by atoms with Crippen molar-refractivity contribution in [2.45, 2.75) is 5.41 Å². The Bertz CT molecular complexity index is 1340. The second kappa shape index (κ2) is 8.80. The highest BCUT2D eigenvalue weighted by Crippen LogP contribution is 2.48. The smallest absolute Gasteiger partial charge is 0.115 e. The highest BCUT2D eigenvalue weighted by molar-refractivity contribution is 5.75. The van der Waals surface area contributed by atoms with E-state index in [4.69, 9.17) is 0 Å². The van der Waals surface area contributed by atoms with E-state index in [1.54, 1.807) is 36.4 Å². The van der Waals surface area contributed by atoms with E-state index < -0.39 is 5.41 Å². The maximum atomic E-state index is 10.1. The lowest BCUT2D eigenvalue weighted by atomic mass is 9.63. The Balaban J connectivity index is 1.92. The largest absolute Gasteiger partial charge is 0.508 e. The Morgan fingerprint density at radius 3 is 1.32 bits per heavy atom. The molecule has 0 amide bonds. The van der Waals surface area contributed by atoms with E-state index >= 15 is 0 Å². The zero-order valence-corrected chi connectivity index (χ0v) is 18.5. The van der Waals surface area contributed by atoms with Crippen LogP contribution >= 0.6 is 0 Å². The van der Waals surface area contributed by atoms with Gasteiger partial charge in [-0.3, -0.25) is 0 Å². The van der Waals surface area contributed by atoms with Gasteiger partial charge in [-0.15, -0.1) is 0 Å². The van der Waals surface area contributed by atoms with Gasteiger partial charge in [0.15, 0.2) is 0 Å². The Hall–Kier alpha value is -4.50. The zero-order valence-electron chi connectivity index (χ0n) is 18.5. The first-order valence-electron chi connectivity index (χ1n) is 11.1. The molecule has 0 aliphatic rings. The molecule has 0 atom stereocenters. The lowest BCUT2D eigenvalue weighted by Crippen LogP contribution is -2.31. The van der Waals surface area contributed by atoms with Gasteiger partial charge >= 0.3 is 0 Å². The van der Waals surface area contributed by atoms with Crippen molar-refractivity contribution in [1.82, 2.24) is 0 Å². The first-order valence-corrected chi connectivity index (χ1v) is 11.1. The molecule has 0 aliphatic heterocycles. The van der Waals surface area contributed by atoms with Crippen LogP contribution in [0.4, 0.5) is 0 Å². The minimum absolute atomic E-state index is 0.197. The fourth-order valence-electron chi connectivity index (χ4n) is 4.78. The second-order valence-corrected chi connectivity index (χ2v) is 8.30. The number of rotatable bonds is 5. The molecule has 166 valence electrons. The molecule has 0 bridgehead atoms. The predicted octanol–water partition coefficient (Wildman–Crippen LogP) is 6.85. The first-order chi connectivity index (χ1) is 16.6. The van der Waals surface area contributed by atoms with Gasteiger partial charge in [0, 0.05) is 0 Å². The molecule has 0 saturated carbocycles. The van der Waals surface area contributed by atoms with Crippen molar-refractivity contribution in [3.05, 3.63) is 150 Å². The number of hydrogen-bond acceptors (Lipinski definition) is 3. The van der Waals surface area contributed by atoms with Crippen LogP contribution in [0.5, 0.6) is 17.2 Å². The average Bonchev–Trinajstić information content (AvgIpc) is 2.88. The van der Waals surface area contributed by atoms with Gasteiger partial charge in [-0.05, 0) is 69.8 Å². The van der Waals surface area contributed by atoms with Gasteiger partial charge in [-0.2, -0.15) is 0 Å². The van der Waals surface area contributed by atoms with Crippen molar-refractivity contribution in [1.29, 1.82) is 0 Å². The van der Waals surface area contributed by atoms with Gasteiger partial charge < -0.3 is 15.3 Å². The fourth-order valence-corrected chi connectivity index (χ4v) is 4.78. The molecule has 0 aromatic heterocycles. The summed E-state index contributed by atoms with van der Waals surface area (Å²) >= 11 is 0. The number of benzene rings is 5. The lowest BCUT2D eigenvalue weighted by Gasteiger charge is -2.38. The third-order valence-corrected chi connectivity index (χ3v) is 6.32. The van der Waals surface area contributed by atoms with E-state index in [9.17, 15) is 15.3 Å². The molecular weight excluding hydrogens is 420 g/mol. The molecule has 3 heteroatoms. The van der Waals surface area contributed by atoms with Crippen LogP contribution < -0.4 is 0 Å². The Morgan fingerprint density at radius 1 is 0.382 bits per heavy atom. The van der Waals surface area contributed by atoms with Gasteiger partial charge in [-0.25, -0.2) is 0 Å². The summed E-state index contributed by atoms with van der Waals surface area (Å²) in [6.07, 6.45) is 0. The van der Waals surface area contributed by atoms with Crippen molar-refractivity contribution in [3.63, 3.8) is 0 Å². The van der Waals surface area contributed by atoms with Crippen molar-refractivity contribution < 1.29 is 15.3 Å². The molecule has 0 heterocycles. The van der Waals surface area contributed by atoms with Crippen LogP contribution in [0.2, 0.25) is 0 Å². The Labute approximate surface area is 198 Å². The molecule has 0 spiro atoms. The maximum Gasteiger partial charge on any atom is 0.115 e. The van der Waals surface area contributed by atoms with Crippen LogP contribution in [0.3, 0.4) is 0 Å². The van der Waals surface area contributed by atoms with Crippen LogP contribution in [0.1, 0.15) is 22.3 Å². The summed E-state index contributed by atoms with van der Waals surface area (Å²) < 4.78 is 0. The quantitative estimate of drug-likeness (QED) is 0.260. The summed E-state index contributed by atoms with van der Waals surface area (Å²) in [5.41, 5.74) is 5.32. The summed E-state index contributed by atoms with van der Waals surface area (Å²) in [4.78, 5) is 0. The molecule has 3 nitrogen and oxygen atoms in total. The number of hydrogen-bond donors (Lipinski definition) is 3. The lowest BCUT2D eigenvalue weighted by molar-refractivity contribution is 0.474. The number of aromatic hydroxyl groups is 3. The highest BCUT2D eigenvalue weighted by Gasteiger charge is 2.40. The molecule has 0 saturated heterocycles. The van der Waals surface area contributed by atoms with Crippen molar-refractivity contribution in [3.8, 4) is 28.4 Å². The van der Waals surface area contributed by atoms with Crippen LogP contribution in [0.15, 0.2) is 127 Å². The van der Waals surface area contributed by atoms with E-state index in [0.717, 1.165) is 33.4 Å². The zero-order chi connectivity index (χ0) is 23.5. The summed E-state index contributed by atoms with van der Waals surface area (Å²) in [6.45, 7) is 0. The average molecular weight is 445 g/mol. The summed E-state index contributed by atoms with van der Waals surface area (Å²) in [6, 6.07) is 40.3. The van der Waals surface area contributed by atoms with Crippen LogP contribution in [0, 0.1) is 0 Å². The monoisotopic (exact) mass is 444 g/mol. The van der Waals surface area contributed by atoms with Gasteiger partial charge in [0.1, 0.15) is 17.2 Å². The SMILES string of the molecule is Oc1ccc(-c2ccccc2C(c2ccccc2)(c2ccc(O)cc2)c2ccc(O)cc2)cc1. The molecule has 0 aliphatic carbocycles. The molecule has 5 aromatic carbocycles. The minimum atomic E-state index is -0.739. The van der Waals surface area contributed by atoms with Crippen molar-refractivity contribution >= 4 is 0 Å². The maximum absolute atomic E-state index is 10.1. The van der Waals surface area contributed by atoms with Crippen molar-refractivity contribution in [2.75, 3.05) is 0 Å².